The van der Waals surface area contributed by atoms with Crippen LogP contribution in [0.5, 0.6) is 0 Å². The molecule has 171 valence electrons. The van der Waals surface area contributed by atoms with Crippen molar-refractivity contribution in [3.8, 4) is 0 Å². The van der Waals surface area contributed by atoms with Crippen LogP contribution in [-0.4, -0.2) is 56.8 Å². The largest absolute Gasteiger partial charge is 2.00 e. The minimum atomic E-state index is 0. The van der Waals surface area contributed by atoms with Gasteiger partial charge in [0.25, 0.3) is 0 Å². The smallest absolute Gasteiger partial charge is 0.662 e. The summed E-state index contributed by atoms with van der Waals surface area (Å²) < 4.78 is 0. The summed E-state index contributed by atoms with van der Waals surface area (Å²) in [4.78, 5) is 0. The molecule has 1 heterocycles. The van der Waals surface area contributed by atoms with E-state index >= 15 is 0 Å². The third-order valence-electron chi connectivity index (χ3n) is 4.25. The molecule has 0 aromatic carbocycles. The Hall–Kier alpha value is -1.65. The van der Waals surface area contributed by atoms with Crippen molar-refractivity contribution in [2.24, 2.45) is 26.5 Å². The zero-order valence-electron chi connectivity index (χ0n) is 18.0. The molecule has 9 nitrogen and oxygen atoms in total. The Morgan fingerprint density at radius 2 is 0.966 bits per heavy atom. The molecule has 0 bridgehead atoms. The molecule has 2 aliphatic rings. The van der Waals surface area contributed by atoms with Crippen molar-refractivity contribution < 1.29 is 37.6 Å². The van der Waals surface area contributed by atoms with Crippen molar-refractivity contribution in [1.29, 1.82) is 0 Å². The second-order valence-electron chi connectivity index (χ2n) is 6.62. The maximum absolute atomic E-state index is 8.03. The standard InChI is InChI=1S/C6H11.C5H10N.2C4H8N2O2.Co/c1-6-4-2-3-5-6;1-2-4-6-5-3-1;2*1-3(5-7)4(2)6-8;/h6H,1-5H2;1-5H2;2*7-8H,1-2H3;/q2*-1;;;+2/b;;2*5-3+,6-4+;. The van der Waals surface area contributed by atoms with E-state index in [1.165, 1.54) is 72.6 Å². The predicted octanol–water partition coefficient (Wildman–Crippen LogP) is 4.93. The van der Waals surface area contributed by atoms with Gasteiger partial charge in [0.2, 0.25) is 0 Å². The molecular formula is C19H37CoN5O4. The Morgan fingerprint density at radius 3 is 1.07 bits per heavy atom. The SMILES string of the molecule is C1CC[N-]CC1.CC(=N\O)/C(C)=N/O.CC(=N\O)/C(C)=N/O.[CH2-]C1CCCC1.[Co+2]. The van der Waals surface area contributed by atoms with E-state index in [1.807, 2.05) is 0 Å². The van der Waals surface area contributed by atoms with Crippen LogP contribution in [0.25, 0.3) is 5.32 Å². The van der Waals surface area contributed by atoms with E-state index in [1.54, 1.807) is 0 Å². The van der Waals surface area contributed by atoms with Gasteiger partial charge in [-0.15, -0.1) is 13.1 Å². The van der Waals surface area contributed by atoms with Crippen LogP contribution >= 0.6 is 0 Å². The summed E-state index contributed by atoms with van der Waals surface area (Å²) in [7, 11) is 0. The van der Waals surface area contributed by atoms with E-state index in [0.717, 1.165) is 19.0 Å². The molecule has 1 saturated heterocycles. The van der Waals surface area contributed by atoms with Gasteiger partial charge in [-0.25, -0.2) is 0 Å². The molecule has 0 aromatic rings. The van der Waals surface area contributed by atoms with Gasteiger partial charge < -0.3 is 33.1 Å². The van der Waals surface area contributed by atoms with Gasteiger partial charge in [-0.1, -0.05) is 65.6 Å². The Labute approximate surface area is 185 Å². The molecule has 10 heteroatoms. The normalized spacial score (nSPS) is 18.1. The Balaban J connectivity index is -0.000000309. The quantitative estimate of drug-likeness (QED) is 0.201. The van der Waals surface area contributed by atoms with Crippen LogP contribution < -0.4 is 0 Å². The molecule has 0 unspecified atom stereocenters. The molecule has 29 heavy (non-hydrogen) atoms. The molecular weight excluding hydrogens is 421 g/mol. The summed E-state index contributed by atoms with van der Waals surface area (Å²) in [6.07, 6.45) is 9.67. The maximum Gasteiger partial charge on any atom is 2.00 e. The van der Waals surface area contributed by atoms with E-state index in [2.05, 4.69) is 32.9 Å². The van der Waals surface area contributed by atoms with Gasteiger partial charge in [-0.3, -0.25) is 0 Å². The number of hydrogen-bond acceptors (Lipinski definition) is 8. The number of nitrogens with zero attached hydrogens (tertiary/aromatic N) is 5. The number of piperidine rings is 1. The first-order chi connectivity index (χ1) is 13.3. The predicted molar refractivity (Wildman–Crippen MR) is 114 cm³/mol. The molecule has 0 amide bonds. The average molecular weight is 458 g/mol. The van der Waals surface area contributed by atoms with Crippen molar-refractivity contribution in [3.63, 3.8) is 0 Å². The molecule has 1 aliphatic carbocycles. The first kappa shape index (κ1) is 32.0. The third-order valence-corrected chi connectivity index (χ3v) is 4.25. The summed E-state index contributed by atoms with van der Waals surface area (Å²) in [5, 5.41) is 47.4. The van der Waals surface area contributed by atoms with Crippen LogP contribution in [0.1, 0.15) is 72.6 Å². The topological polar surface area (TPSA) is 144 Å². The summed E-state index contributed by atoms with van der Waals surface area (Å²) in [5.41, 5.74) is 1.25. The van der Waals surface area contributed by atoms with Gasteiger partial charge >= 0.3 is 16.8 Å². The fraction of sp³-hybridized carbons (Fsp3) is 0.737. The van der Waals surface area contributed by atoms with Gasteiger partial charge in [-0.05, 0) is 27.7 Å². The summed E-state index contributed by atoms with van der Waals surface area (Å²) in [6.45, 7) is 12.3. The van der Waals surface area contributed by atoms with Gasteiger partial charge in [0, 0.05) is 0 Å². The van der Waals surface area contributed by atoms with Crippen molar-refractivity contribution in [2.75, 3.05) is 13.1 Å². The second kappa shape index (κ2) is 22.6. The first-order valence-electron chi connectivity index (χ1n) is 9.55. The number of oxime groups is 4. The fourth-order valence-electron chi connectivity index (χ4n) is 2.04. The summed E-state index contributed by atoms with van der Waals surface area (Å²) >= 11 is 0. The summed E-state index contributed by atoms with van der Waals surface area (Å²) in [5.74, 6) is 0.796. The van der Waals surface area contributed by atoms with Crippen LogP contribution in [0, 0.1) is 12.8 Å². The van der Waals surface area contributed by atoms with Crippen molar-refractivity contribution >= 4 is 22.8 Å². The minimum absolute atomic E-state index is 0. The van der Waals surface area contributed by atoms with E-state index in [0.29, 0.717) is 22.8 Å². The first-order valence-corrected chi connectivity index (χ1v) is 9.55. The molecule has 1 saturated carbocycles. The maximum atomic E-state index is 8.03. The van der Waals surface area contributed by atoms with Crippen molar-refractivity contribution in [2.45, 2.75) is 72.6 Å². The van der Waals surface area contributed by atoms with Gasteiger partial charge in [-0.2, -0.15) is 5.92 Å². The molecule has 4 N–H and O–H groups in total. The molecule has 1 aliphatic heterocycles. The average Bonchev–Trinajstić information content (AvgIpc) is 3.24. The Morgan fingerprint density at radius 1 is 0.655 bits per heavy atom. The van der Waals surface area contributed by atoms with E-state index in [9.17, 15) is 0 Å². The van der Waals surface area contributed by atoms with Crippen LogP contribution in [0.3, 0.4) is 0 Å². The molecule has 0 atom stereocenters. The Kier molecular flexibility index (Phi) is 25.0. The number of hydrogen-bond donors (Lipinski definition) is 4. The molecule has 2 fully saturated rings. The van der Waals surface area contributed by atoms with Gasteiger partial charge in [0.15, 0.2) is 0 Å². The minimum Gasteiger partial charge on any atom is -0.662 e. The Bertz CT molecular complexity index is 425. The molecule has 2 rings (SSSR count). The van der Waals surface area contributed by atoms with Crippen LogP contribution in [0.2, 0.25) is 0 Å². The monoisotopic (exact) mass is 458 g/mol. The summed E-state index contributed by atoms with van der Waals surface area (Å²) in [6, 6.07) is 0. The van der Waals surface area contributed by atoms with Gasteiger partial charge in [0.05, 0.1) is 0 Å². The van der Waals surface area contributed by atoms with E-state index in [4.69, 9.17) is 20.8 Å². The molecule has 1 radical (unpaired) electrons. The zero-order valence-corrected chi connectivity index (χ0v) is 19.0. The van der Waals surface area contributed by atoms with Crippen LogP contribution in [0.4, 0.5) is 0 Å². The van der Waals surface area contributed by atoms with Crippen LogP contribution in [0.15, 0.2) is 20.6 Å². The zero-order chi connectivity index (χ0) is 21.8. The molecule has 0 spiro atoms. The fourth-order valence-corrected chi connectivity index (χ4v) is 2.04. The van der Waals surface area contributed by atoms with Crippen molar-refractivity contribution in [1.82, 2.24) is 0 Å². The van der Waals surface area contributed by atoms with Crippen molar-refractivity contribution in [3.05, 3.63) is 12.2 Å². The third kappa shape index (κ3) is 20.9. The molecule has 0 aromatic heterocycles. The second-order valence-corrected chi connectivity index (χ2v) is 6.62. The van der Waals surface area contributed by atoms with Crippen LogP contribution in [-0.2, 0) is 16.8 Å². The number of rotatable bonds is 2. The van der Waals surface area contributed by atoms with E-state index in [-0.39, 0.29) is 16.8 Å². The van der Waals surface area contributed by atoms with E-state index < -0.39 is 0 Å². The van der Waals surface area contributed by atoms with Gasteiger partial charge in [0.1, 0.15) is 22.8 Å².